The average Bonchev–Trinajstić information content (AvgIpc) is 2.75. The van der Waals surface area contributed by atoms with Crippen LogP contribution >= 0.6 is 0 Å². The molecule has 0 heterocycles. The van der Waals surface area contributed by atoms with Gasteiger partial charge in [0, 0.05) is 29.8 Å². The van der Waals surface area contributed by atoms with Crippen LogP contribution in [0.5, 0.6) is 0 Å². The first kappa shape index (κ1) is 25.8. The fourth-order valence-corrected chi connectivity index (χ4v) is 3.41. The van der Waals surface area contributed by atoms with Crippen LogP contribution in [0.1, 0.15) is 113 Å². The summed E-state index contributed by atoms with van der Waals surface area (Å²) in [5.74, 6) is 2.40. The van der Waals surface area contributed by atoms with Crippen molar-refractivity contribution in [3.05, 3.63) is 29.3 Å². The third-order valence-corrected chi connectivity index (χ3v) is 5.22. The SMILES string of the molecule is C#Cc1cc(NC(=O)CCCCCCCC)cc(C(=O)NCCCCCCCC)c1. The van der Waals surface area contributed by atoms with E-state index in [4.69, 9.17) is 6.42 Å². The van der Waals surface area contributed by atoms with Gasteiger partial charge < -0.3 is 10.6 Å². The van der Waals surface area contributed by atoms with Gasteiger partial charge in [0.1, 0.15) is 0 Å². The summed E-state index contributed by atoms with van der Waals surface area (Å²) < 4.78 is 0. The maximum absolute atomic E-state index is 12.5. The molecule has 4 nitrogen and oxygen atoms in total. The zero-order valence-electron chi connectivity index (χ0n) is 19.0. The number of hydrogen-bond acceptors (Lipinski definition) is 2. The highest BCUT2D eigenvalue weighted by atomic mass is 16.2. The molecule has 0 aliphatic rings. The Morgan fingerprint density at radius 1 is 0.833 bits per heavy atom. The van der Waals surface area contributed by atoms with E-state index in [1.165, 1.54) is 51.4 Å². The molecule has 1 aromatic carbocycles. The van der Waals surface area contributed by atoms with Gasteiger partial charge in [0.15, 0.2) is 0 Å². The maximum atomic E-state index is 12.5. The average molecular weight is 413 g/mol. The molecule has 0 atom stereocenters. The molecular formula is C26H40N2O2. The summed E-state index contributed by atoms with van der Waals surface area (Å²) in [5.41, 5.74) is 1.68. The summed E-state index contributed by atoms with van der Waals surface area (Å²) in [7, 11) is 0. The lowest BCUT2D eigenvalue weighted by Gasteiger charge is -2.10. The Balaban J connectivity index is 2.46. The lowest BCUT2D eigenvalue weighted by Crippen LogP contribution is -2.24. The smallest absolute Gasteiger partial charge is 0.251 e. The number of terminal acetylenes is 1. The fourth-order valence-electron chi connectivity index (χ4n) is 3.41. The molecule has 0 fully saturated rings. The number of amides is 2. The number of carbonyl (C=O) groups is 2. The van der Waals surface area contributed by atoms with Crippen molar-refractivity contribution in [2.75, 3.05) is 11.9 Å². The van der Waals surface area contributed by atoms with Gasteiger partial charge in [-0.25, -0.2) is 0 Å². The highest BCUT2D eigenvalue weighted by molar-refractivity contribution is 5.97. The monoisotopic (exact) mass is 412 g/mol. The molecule has 4 heteroatoms. The van der Waals surface area contributed by atoms with Crippen LogP contribution in [0, 0.1) is 12.3 Å². The summed E-state index contributed by atoms with van der Waals surface area (Å²) >= 11 is 0. The Hall–Kier alpha value is -2.28. The van der Waals surface area contributed by atoms with E-state index in [0.717, 1.165) is 25.7 Å². The largest absolute Gasteiger partial charge is 0.352 e. The summed E-state index contributed by atoms with van der Waals surface area (Å²) in [6, 6.07) is 5.14. The van der Waals surface area contributed by atoms with Gasteiger partial charge in [-0.2, -0.15) is 0 Å². The van der Waals surface area contributed by atoms with Crippen LogP contribution in [0.3, 0.4) is 0 Å². The van der Waals surface area contributed by atoms with Gasteiger partial charge in [0.05, 0.1) is 0 Å². The second kappa shape index (κ2) is 16.5. The van der Waals surface area contributed by atoms with Crippen LogP contribution in [0.25, 0.3) is 0 Å². The molecule has 2 amide bonds. The standard InChI is InChI=1S/C26H40N2O2/c1-4-7-9-11-13-15-17-25(29)28-24-20-22(6-3)19-23(21-24)26(30)27-18-16-14-12-10-8-5-2/h3,19-21H,4-5,7-18H2,1-2H3,(H,27,30)(H,28,29). The van der Waals surface area contributed by atoms with Gasteiger partial charge in [-0.05, 0) is 31.0 Å². The van der Waals surface area contributed by atoms with Gasteiger partial charge >= 0.3 is 0 Å². The van der Waals surface area contributed by atoms with Crippen LogP contribution in [-0.2, 0) is 4.79 Å². The van der Waals surface area contributed by atoms with Crippen LogP contribution in [-0.4, -0.2) is 18.4 Å². The highest BCUT2D eigenvalue weighted by Gasteiger charge is 2.10. The molecule has 1 rings (SSSR count). The Labute approximate surface area is 183 Å². The first-order valence-corrected chi connectivity index (χ1v) is 11.8. The van der Waals surface area contributed by atoms with E-state index in [1.54, 1.807) is 18.2 Å². The summed E-state index contributed by atoms with van der Waals surface area (Å²) in [6.07, 6.45) is 20.0. The van der Waals surface area contributed by atoms with Crippen molar-refractivity contribution >= 4 is 17.5 Å². The van der Waals surface area contributed by atoms with E-state index < -0.39 is 0 Å². The van der Waals surface area contributed by atoms with E-state index in [2.05, 4.69) is 30.4 Å². The number of anilines is 1. The third-order valence-electron chi connectivity index (χ3n) is 5.22. The predicted octanol–water partition coefficient (Wildman–Crippen LogP) is 6.45. The van der Waals surface area contributed by atoms with Crippen LogP contribution in [0.15, 0.2) is 18.2 Å². The van der Waals surface area contributed by atoms with Crippen molar-refractivity contribution in [2.24, 2.45) is 0 Å². The minimum absolute atomic E-state index is 0.0295. The first-order valence-electron chi connectivity index (χ1n) is 11.8. The predicted molar refractivity (Wildman–Crippen MR) is 127 cm³/mol. The number of carbonyl (C=O) groups excluding carboxylic acids is 2. The molecule has 1 aromatic rings. The molecule has 0 aromatic heterocycles. The van der Waals surface area contributed by atoms with E-state index in [0.29, 0.717) is 29.8 Å². The number of benzene rings is 1. The van der Waals surface area contributed by atoms with Crippen molar-refractivity contribution < 1.29 is 9.59 Å². The van der Waals surface area contributed by atoms with Crippen molar-refractivity contribution in [3.8, 4) is 12.3 Å². The lowest BCUT2D eigenvalue weighted by molar-refractivity contribution is -0.116. The van der Waals surface area contributed by atoms with Crippen molar-refractivity contribution in [1.82, 2.24) is 5.32 Å². The molecule has 0 saturated heterocycles. The molecule has 0 radical (unpaired) electrons. The second-order valence-corrected chi connectivity index (χ2v) is 8.03. The van der Waals surface area contributed by atoms with Crippen LogP contribution in [0.4, 0.5) is 5.69 Å². The summed E-state index contributed by atoms with van der Waals surface area (Å²) in [4.78, 5) is 24.7. The Bertz CT molecular complexity index is 676. The number of unbranched alkanes of at least 4 members (excludes halogenated alkanes) is 10. The topological polar surface area (TPSA) is 58.2 Å². The molecular weight excluding hydrogens is 372 g/mol. The molecule has 0 aliphatic heterocycles. The van der Waals surface area contributed by atoms with E-state index in [1.807, 2.05) is 0 Å². The highest BCUT2D eigenvalue weighted by Crippen LogP contribution is 2.16. The van der Waals surface area contributed by atoms with E-state index in [-0.39, 0.29) is 11.8 Å². The number of nitrogens with one attached hydrogen (secondary N) is 2. The minimum atomic E-state index is -0.146. The zero-order valence-corrected chi connectivity index (χ0v) is 19.0. The van der Waals surface area contributed by atoms with Crippen molar-refractivity contribution in [1.29, 1.82) is 0 Å². The van der Waals surface area contributed by atoms with Gasteiger partial charge in [-0.3, -0.25) is 9.59 Å². The second-order valence-electron chi connectivity index (χ2n) is 8.03. The number of rotatable bonds is 16. The fraction of sp³-hybridized carbons (Fsp3) is 0.615. The van der Waals surface area contributed by atoms with Gasteiger partial charge in [0.2, 0.25) is 5.91 Å². The molecule has 0 spiro atoms. The number of hydrogen-bond donors (Lipinski definition) is 2. The lowest BCUT2D eigenvalue weighted by atomic mass is 10.1. The molecule has 0 aliphatic carbocycles. The molecule has 30 heavy (non-hydrogen) atoms. The summed E-state index contributed by atoms with van der Waals surface area (Å²) in [6.45, 7) is 5.06. The molecule has 166 valence electrons. The zero-order chi connectivity index (χ0) is 22.0. The first-order chi connectivity index (χ1) is 14.6. The Kier molecular flexibility index (Phi) is 14.2. The molecule has 2 N–H and O–H groups in total. The van der Waals surface area contributed by atoms with Crippen molar-refractivity contribution in [2.45, 2.75) is 97.3 Å². The normalized spacial score (nSPS) is 10.4. The third kappa shape index (κ3) is 11.7. The van der Waals surface area contributed by atoms with Crippen LogP contribution in [0.2, 0.25) is 0 Å². The van der Waals surface area contributed by atoms with Gasteiger partial charge in [-0.15, -0.1) is 6.42 Å². The Morgan fingerprint density at radius 3 is 2.07 bits per heavy atom. The van der Waals surface area contributed by atoms with Gasteiger partial charge in [-0.1, -0.05) is 84.0 Å². The van der Waals surface area contributed by atoms with Gasteiger partial charge in [0.25, 0.3) is 5.91 Å². The minimum Gasteiger partial charge on any atom is -0.352 e. The Morgan fingerprint density at radius 2 is 1.43 bits per heavy atom. The van der Waals surface area contributed by atoms with Crippen LogP contribution < -0.4 is 10.6 Å². The maximum Gasteiger partial charge on any atom is 0.251 e. The molecule has 0 bridgehead atoms. The van der Waals surface area contributed by atoms with E-state index >= 15 is 0 Å². The summed E-state index contributed by atoms with van der Waals surface area (Å²) in [5, 5.41) is 5.86. The van der Waals surface area contributed by atoms with E-state index in [9.17, 15) is 9.59 Å². The molecule has 0 unspecified atom stereocenters. The van der Waals surface area contributed by atoms with Crippen molar-refractivity contribution in [3.63, 3.8) is 0 Å². The molecule has 0 saturated carbocycles. The quantitative estimate of drug-likeness (QED) is 0.242.